The number of carbonyl (C=O) groups excluding carboxylic acids is 1. The molecule has 0 radical (unpaired) electrons. The van der Waals surface area contributed by atoms with Crippen LogP contribution in [0, 0.1) is 0 Å². The number of rotatable bonds is 3. The topological polar surface area (TPSA) is 60.9 Å². The molecule has 1 N–H and O–H groups in total. The lowest BCUT2D eigenvalue weighted by Gasteiger charge is -2.18. The largest absolute Gasteiger partial charge is 0.480 e. The van der Waals surface area contributed by atoms with Gasteiger partial charge in [-0.25, -0.2) is 9.59 Å². The van der Waals surface area contributed by atoms with E-state index in [-0.39, 0.29) is 12.6 Å². The highest BCUT2D eigenvalue weighted by Gasteiger charge is 2.40. The summed E-state index contributed by atoms with van der Waals surface area (Å²) in [5, 5.41) is 9.07. The Morgan fingerprint density at radius 1 is 1.44 bits per heavy atom. The summed E-state index contributed by atoms with van der Waals surface area (Å²) in [7, 11) is 1.52. The Morgan fingerprint density at radius 2 is 2.11 bits per heavy atom. The van der Waals surface area contributed by atoms with Gasteiger partial charge in [0.1, 0.15) is 6.04 Å². The summed E-state index contributed by atoms with van der Waals surface area (Å²) < 4.78 is 0. The molecule has 2 rings (SSSR count). The Labute approximate surface area is 106 Å². The van der Waals surface area contributed by atoms with Gasteiger partial charge >= 0.3 is 12.0 Å². The summed E-state index contributed by atoms with van der Waals surface area (Å²) in [4.78, 5) is 26.0. The molecule has 1 aliphatic rings. The number of carboxylic acids is 1. The van der Waals surface area contributed by atoms with Crippen LogP contribution < -0.4 is 4.90 Å². The van der Waals surface area contributed by atoms with Crippen LogP contribution in [0.2, 0.25) is 0 Å². The number of likely N-dealkylation sites (N-methyl/N-ethyl adjacent to an activating group) is 1. The third-order valence-electron chi connectivity index (χ3n) is 3.30. The smallest absolute Gasteiger partial charge is 0.328 e. The van der Waals surface area contributed by atoms with E-state index in [1.165, 1.54) is 16.8 Å². The van der Waals surface area contributed by atoms with Gasteiger partial charge in [-0.3, -0.25) is 4.90 Å². The Hall–Kier alpha value is -2.04. The molecule has 96 valence electrons. The average molecular weight is 248 g/mol. The van der Waals surface area contributed by atoms with Crippen molar-refractivity contribution >= 4 is 17.7 Å². The van der Waals surface area contributed by atoms with E-state index in [9.17, 15) is 9.59 Å². The van der Waals surface area contributed by atoms with Crippen molar-refractivity contribution in [1.29, 1.82) is 0 Å². The number of benzene rings is 1. The fourth-order valence-electron chi connectivity index (χ4n) is 2.22. The molecule has 0 spiro atoms. The van der Waals surface area contributed by atoms with Crippen molar-refractivity contribution in [1.82, 2.24) is 4.90 Å². The standard InChI is InChI=1S/C13H16N2O3/c1-3-9-6-4-5-7-10(9)15-8-11(12(16)17)14(2)13(15)18/h4-7,11H,3,8H2,1-2H3,(H,16,17). The number of para-hydroxylation sites is 1. The number of aliphatic carboxylic acids is 1. The number of nitrogens with zero attached hydrogens (tertiary/aromatic N) is 2. The first-order chi connectivity index (χ1) is 8.56. The molecule has 1 aromatic carbocycles. The molecule has 5 heteroatoms. The third kappa shape index (κ3) is 1.92. The number of anilines is 1. The molecular weight excluding hydrogens is 232 g/mol. The van der Waals surface area contributed by atoms with Gasteiger partial charge in [0.25, 0.3) is 0 Å². The number of carboxylic acid groups (broad SMARTS) is 1. The van der Waals surface area contributed by atoms with Gasteiger partial charge in [-0.1, -0.05) is 25.1 Å². The number of hydrogen-bond donors (Lipinski definition) is 1. The molecule has 1 atom stereocenters. The third-order valence-corrected chi connectivity index (χ3v) is 3.30. The monoisotopic (exact) mass is 248 g/mol. The first-order valence-corrected chi connectivity index (χ1v) is 5.91. The summed E-state index contributed by atoms with van der Waals surface area (Å²) in [5.74, 6) is -0.970. The number of aryl methyl sites for hydroxylation is 1. The van der Waals surface area contributed by atoms with Crippen molar-refractivity contribution < 1.29 is 14.7 Å². The predicted octanol–water partition coefficient (Wildman–Crippen LogP) is 1.57. The minimum Gasteiger partial charge on any atom is -0.480 e. The van der Waals surface area contributed by atoms with E-state index < -0.39 is 12.0 Å². The molecule has 1 fully saturated rings. The van der Waals surface area contributed by atoms with Crippen LogP contribution in [0.25, 0.3) is 0 Å². The van der Waals surface area contributed by atoms with Crippen LogP contribution in [0.4, 0.5) is 10.5 Å². The molecule has 1 aromatic rings. The van der Waals surface area contributed by atoms with Crippen LogP contribution in [0.5, 0.6) is 0 Å². The Morgan fingerprint density at radius 3 is 2.67 bits per heavy atom. The maximum absolute atomic E-state index is 12.1. The summed E-state index contributed by atoms with van der Waals surface area (Å²) in [6.45, 7) is 2.21. The fourth-order valence-corrected chi connectivity index (χ4v) is 2.22. The molecule has 1 heterocycles. The Balaban J connectivity index is 2.35. The van der Waals surface area contributed by atoms with Crippen molar-refractivity contribution in [3.05, 3.63) is 29.8 Å². The normalized spacial score (nSPS) is 19.4. The molecular formula is C13H16N2O3. The van der Waals surface area contributed by atoms with Crippen LogP contribution in [-0.2, 0) is 11.2 Å². The second-order valence-corrected chi connectivity index (χ2v) is 4.34. The van der Waals surface area contributed by atoms with E-state index in [1.807, 2.05) is 31.2 Å². The molecule has 0 saturated carbocycles. The minimum absolute atomic E-state index is 0.196. The van der Waals surface area contributed by atoms with Gasteiger partial charge < -0.3 is 10.0 Å². The van der Waals surface area contributed by atoms with Crippen LogP contribution in [0.15, 0.2) is 24.3 Å². The average Bonchev–Trinajstić information content (AvgIpc) is 2.66. The van der Waals surface area contributed by atoms with Gasteiger partial charge in [-0.05, 0) is 18.1 Å². The zero-order chi connectivity index (χ0) is 13.3. The van der Waals surface area contributed by atoms with Gasteiger partial charge in [-0.15, -0.1) is 0 Å². The van der Waals surface area contributed by atoms with E-state index in [2.05, 4.69) is 0 Å². The Bertz CT molecular complexity index is 487. The van der Waals surface area contributed by atoms with Crippen molar-refractivity contribution in [2.75, 3.05) is 18.5 Å². The molecule has 2 amide bonds. The van der Waals surface area contributed by atoms with Gasteiger partial charge in [0.05, 0.1) is 6.54 Å². The molecule has 1 unspecified atom stereocenters. The number of carbonyl (C=O) groups is 2. The van der Waals surface area contributed by atoms with E-state index in [1.54, 1.807) is 0 Å². The molecule has 1 aliphatic heterocycles. The summed E-state index contributed by atoms with van der Waals surface area (Å²) in [6, 6.07) is 6.55. The number of amides is 2. The van der Waals surface area contributed by atoms with Crippen LogP contribution in [0.1, 0.15) is 12.5 Å². The summed E-state index contributed by atoms with van der Waals surface area (Å²) in [5.41, 5.74) is 1.85. The molecule has 0 aromatic heterocycles. The van der Waals surface area contributed by atoms with Gasteiger partial charge in [-0.2, -0.15) is 0 Å². The minimum atomic E-state index is -0.970. The molecule has 5 nitrogen and oxygen atoms in total. The van der Waals surface area contributed by atoms with Gasteiger partial charge in [0.2, 0.25) is 0 Å². The second-order valence-electron chi connectivity index (χ2n) is 4.34. The van der Waals surface area contributed by atoms with Crippen molar-refractivity contribution in [2.45, 2.75) is 19.4 Å². The predicted molar refractivity (Wildman–Crippen MR) is 67.7 cm³/mol. The summed E-state index contributed by atoms with van der Waals surface area (Å²) >= 11 is 0. The summed E-state index contributed by atoms with van der Waals surface area (Å²) in [6.07, 6.45) is 0.807. The zero-order valence-electron chi connectivity index (χ0n) is 10.5. The van der Waals surface area contributed by atoms with Crippen molar-refractivity contribution in [3.8, 4) is 0 Å². The highest BCUT2D eigenvalue weighted by molar-refractivity contribution is 5.99. The number of hydrogen-bond acceptors (Lipinski definition) is 2. The lowest BCUT2D eigenvalue weighted by molar-refractivity contribution is -0.140. The number of urea groups is 1. The van der Waals surface area contributed by atoms with E-state index >= 15 is 0 Å². The molecule has 1 saturated heterocycles. The van der Waals surface area contributed by atoms with Crippen LogP contribution in [-0.4, -0.2) is 41.6 Å². The molecule has 18 heavy (non-hydrogen) atoms. The molecule has 0 bridgehead atoms. The van der Waals surface area contributed by atoms with Crippen LogP contribution in [0.3, 0.4) is 0 Å². The second kappa shape index (κ2) is 4.68. The quantitative estimate of drug-likeness (QED) is 0.883. The maximum Gasteiger partial charge on any atom is 0.328 e. The van der Waals surface area contributed by atoms with E-state index in [0.717, 1.165) is 17.7 Å². The SMILES string of the molecule is CCc1ccccc1N1CC(C(=O)O)N(C)C1=O. The van der Waals surface area contributed by atoms with Gasteiger partial charge in [0, 0.05) is 12.7 Å². The van der Waals surface area contributed by atoms with Crippen molar-refractivity contribution in [3.63, 3.8) is 0 Å². The first kappa shape index (κ1) is 12.4. The zero-order valence-corrected chi connectivity index (χ0v) is 10.5. The van der Waals surface area contributed by atoms with Crippen molar-refractivity contribution in [2.24, 2.45) is 0 Å². The Kier molecular flexibility index (Phi) is 3.23. The highest BCUT2D eigenvalue weighted by Crippen LogP contribution is 2.26. The maximum atomic E-state index is 12.1. The lowest BCUT2D eigenvalue weighted by atomic mass is 10.1. The highest BCUT2D eigenvalue weighted by atomic mass is 16.4. The first-order valence-electron chi connectivity index (χ1n) is 5.91. The lowest BCUT2D eigenvalue weighted by Crippen LogP contribution is -2.36. The fraction of sp³-hybridized carbons (Fsp3) is 0.385. The van der Waals surface area contributed by atoms with E-state index in [4.69, 9.17) is 5.11 Å². The van der Waals surface area contributed by atoms with Gasteiger partial charge in [0.15, 0.2) is 0 Å². The van der Waals surface area contributed by atoms with E-state index in [0.29, 0.717) is 0 Å². The molecule has 0 aliphatic carbocycles. The van der Waals surface area contributed by atoms with Crippen LogP contribution >= 0.6 is 0 Å².